The molecular weight excluding hydrogens is 444 g/mol. The van der Waals surface area contributed by atoms with E-state index in [4.69, 9.17) is 4.74 Å². The van der Waals surface area contributed by atoms with E-state index < -0.39 is 5.97 Å². The van der Waals surface area contributed by atoms with Crippen LogP contribution in [0.2, 0.25) is 0 Å². The van der Waals surface area contributed by atoms with Crippen LogP contribution in [0.25, 0.3) is 18.2 Å². The van der Waals surface area contributed by atoms with E-state index in [2.05, 4.69) is 59.5 Å². The largest absolute Gasteiger partial charge is 0.462 e. The topological polar surface area (TPSA) is 53.3 Å². The molecule has 0 spiro atoms. The number of para-hydroxylation sites is 2. The number of hydrogen-bond acceptors (Lipinski definition) is 4. The zero-order valence-corrected chi connectivity index (χ0v) is 20.0. The van der Waals surface area contributed by atoms with Gasteiger partial charge in [0.15, 0.2) is 0 Å². The lowest BCUT2D eigenvalue weighted by Gasteiger charge is -2.25. The van der Waals surface area contributed by atoms with Crippen molar-refractivity contribution in [2.75, 3.05) is 11.5 Å². The molecule has 0 aliphatic rings. The molecule has 0 saturated heterocycles. The summed E-state index contributed by atoms with van der Waals surface area (Å²) in [6, 6.07) is 38.6. The third-order valence-electron chi connectivity index (χ3n) is 5.51. The van der Waals surface area contributed by atoms with Gasteiger partial charge in [-0.1, -0.05) is 84.9 Å². The van der Waals surface area contributed by atoms with Crippen LogP contribution in [0.1, 0.15) is 23.6 Å². The van der Waals surface area contributed by atoms with Gasteiger partial charge < -0.3 is 9.64 Å². The van der Waals surface area contributed by atoms with Gasteiger partial charge in [0.25, 0.3) is 0 Å². The summed E-state index contributed by atoms with van der Waals surface area (Å²) < 4.78 is 4.91. The highest BCUT2D eigenvalue weighted by atomic mass is 16.5. The van der Waals surface area contributed by atoms with Crippen LogP contribution in [0.5, 0.6) is 0 Å². The first-order valence-corrected chi connectivity index (χ1v) is 11.8. The molecule has 0 aromatic heterocycles. The molecule has 4 aromatic carbocycles. The Labute approximate surface area is 212 Å². The second-order valence-corrected chi connectivity index (χ2v) is 7.99. The number of rotatable bonds is 8. The van der Waals surface area contributed by atoms with Gasteiger partial charge in [0.2, 0.25) is 0 Å². The molecule has 0 bridgehead atoms. The van der Waals surface area contributed by atoms with Gasteiger partial charge in [0.05, 0.1) is 6.61 Å². The predicted molar refractivity (Wildman–Crippen MR) is 147 cm³/mol. The Morgan fingerprint density at radius 3 is 1.64 bits per heavy atom. The maximum Gasteiger partial charge on any atom is 0.348 e. The standard InChI is InChI=1S/C32H26N2O2/c1-2-36-32(35)28(24-33)23-27-17-15-25(16-18-27)13-14-26-19-21-31(22-20-26)34(29-9-5-3-6-10-29)30-11-7-4-8-12-30/h3-23H,2H2,1H3/b14-13+,28-23+. The van der Waals surface area contributed by atoms with Crippen LogP contribution >= 0.6 is 0 Å². The van der Waals surface area contributed by atoms with Crippen LogP contribution in [0.15, 0.2) is 115 Å². The van der Waals surface area contributed by atoms with E-state index in [0.29, 0.717) is 0 Å². The van der Waals surface area contributed by atoms with Crippen molar-refractivity contribution >= 4 is 41.3 Å². The molecule has 4 rings (SSSR count). The van der Waals surface area contributed by atoms with E-state index in [1.54, 1.807) is 6.92 Å². The van der Waals surface area contributed by atoms with Gasteiger partial charge in [0.1, 0.15) is 11.6 Å². The lowest BCUT2D eigenvalue weighted by atomic mass is 10.1. The molecule has 0 unspecified atom stereocenters. The summed E-state index contributed by atoms with van der Waals surface area (Å²) in [5.74, 6) is -0.606. The van der Waals surface area contributed by atoms with Gasteiger partial charge in [-0.25, -0.2) is 4.79 Å². The Kier molecular flexibility index (Phi) is 8.09. The molecule has 4 aromatic rings. The van der Waals surface area contributed by atoms with Gasteiger partial charge in [-0.2, -0.15) is 5.26 Å². The number of nitrogens with zero attached hydrogens (tertiary/aromatic N) is 2. The minimum absolute atomic E-state index is 0.0136. The average molecular weight is 471 g/mol. The zero-order valence-electron chi connectivity index (χ0n) is 20.0. The maximum absolute atomic E-state index is 11.8. The second kappa shape index (κ2) is 12.0. The third kappa shape index (κ3) is 6.16. The van der Waals surface area contributed by atoms with E-state index >= 15 is 0 Å². The number of anilines is 3. The highest BCUT2D eigenvalue weighted by Crippen LogP contribution is 2.34. The molecule has 0 heterocycles. The first-order valence-electron chi connectivity index (χ1n) is 11.8. The van der Waals surface area contributed by atoms with Gasteiger partial charge in [-0.05, 0) is 66.1 Å². The minimum atomic E-state index is -0.606. The molecule has 0 radical (unpaired) electrons. The first kappa shape index (κ1) is 24.3. The second-order valence-electron chi connectivity index (χ2n) is 7.99. The summed E-state index contributed by atoms with van der Waals surface area (Å²) in [6.07, 6.45) is 5.63. The summed E-state index contributed by atoms with van der Waals surface area (Å²) in [5.41, 5.74) is 6.13. The number of carbonyl (C=O) groups excluding carboxylic acids is 1. The quantitative estimate of drug-likeness (QED) is 0.114. The summed E-state index contributed by atoms with van der Waals surface area (Å²) in [5, 5.41) is 9.20. The molecule has 4 nitrogen and oxygen atoms in total. The van der Waals surface area contributed by atoms with Crippen molar-refractivity contribution < 1.29 is 9.53 Å². The summed E-state index contributed by atoms with van der Waals surface area (Å²) in [6.45, 7) is 1.95. The summed E-state index contributed by atoms with van der Waals surface area (Å²) >= 11 is 0. The van der Waals surface area contributed by atoms with E-state index in [1.807, 2.05) is 72.8 Å². The molecule has 0 saturated carbocycles. The Hall–Kier alpha value is -4.88. The Bertz CT molecular complexity index is 1340. The smallest absolute Gasteiger partial charge is 0.348 e. The van der Waals surface area contributed by atoms with E-state index in [1.165, 1.54) is 6.08 Å². The van der Waals surface area contributed by atoms with E-state index in [0.717, 1.165) is 33.8 Å². The number of ether oxygens (including phenoxy) is 1. The molecule has 0 aliphatic carbocycles. The predicted octanol–water partition coefficient (Wildman–Crippen LogP) is 7.80. The molecule has 176 valence electrons. The van der Waals surface area contributed by atoms with Gasteiger partial charge in [-0.3, -0.25) is 0 Å². The first-order chi connectivity index (χ1) is 17.7. The third-order valence-corrected chi connectivity index (χ3v) is 5.51. The van der Waals surface area contributed by atoms with Gasteiger partial charge in [-0.15, -0.1) is 0 Å². The van der Waals surface area contributed by atoms with Crippen molar-refractivity contribution in [3.8, 4) is 6.07 Å². The highest BCUT2D eigenvalue weighted by Gasteiger charge is 2.11. The fourth-order valence-corrected chi connectivity index (χ4v) is 3.74. The Morgan fingerprint density at radius 1 is 0.722 bits per heavy atom. The van der Waals surface area contributed by atoms with Crippen LogP contribution in [0.4, 0.5) is 17.1 Å². The zero-order chi connectivity index (χ0) is 25.2. The van der Waals surface area contributed by atoms with E-state index in [9.17, 15) is 10.1 Å². The number of benzene rings is 4. The van der Waals surface area contributed by atoms with Crippen molar-refractivity contribution in [3.05, 3.63) is 131 Å². The van der Waals surface area contributed by atoms with Crippen LogP contribution in [-0.2, 0) is 9.53 Å². The van der Waals surface area contributed by atoms with Crippen molar-refractivity contribution in [2.45, 2.75) is 6.92 Å². The Balaban J connectivity index is 1.50. The van der Waals surface area contributed by atoms with Gasteiger partial charge >= 0.3 is 5.97 Å². The molecule has 0 aliphatic heterocycles. The Morgan fingerprint density at radius 2 is 1.17 bits per heavy atom. The minimum Gasteiger partial charge on any atom is -0.462 e. The van der Waals surface area contributed by atoms with Crippen LogP contribution in [0, 0.1) is 11.3 Å². The molecule has 36 heavy (non-hydrogen) atoms. The molecule has 0 fully saturated rings. The normalized spacial score (nSPS) is 11.2. The van der Waals surface area contributed by atoms with Gasteiger partial charge in [0, 0.05) is 17.1 Å². The van der Waals surface area contributed by atoms with Crippen LogP contribution < -0.4 is 4.90 Å². The fraction of sp³-hybridized carbons (Fsp3) is 0.0625. The summed E-state index contributed by atoms with van der Waals surface area (Å²) in [7, 11) is 0. The van der Waals surface area contributed by atoms with Crippen molar-refractivity contribution in [2.24, 2.45) is 0 Å². The van der Waals surface area contributed by atoms with Crippen LogP contribution in [-0.4, -0.2) is 12.6 Å². The van der Waals surface area contributed by atoms with Crippen molar-refractivity contribution in [1.82, 2.24) is 0 Å². The fourth-order valence-electron chi connectivity index (χ4n) is 3.74. The average Bonchev–Trinajstić information content (AvgIpc) is 2.93. The van der Waals surface area contributed by atoms with Crippen molar-refractivity contribution in [3.63, 3.8) is 0 Å². The lowest BCUT2D eigenvalue weighted by molar-refractivity contribution is -0.137. The molecule has 4 heteroatoms. The number of esters is 1. The number of hydrogen-bond donors (Lipinski definition) is 0. The highest BCUT2D eigenvalue weighted by molar-refractivity contribution is 5.97. The lowest BCUT2D eigenvalue weighted by Crippen LogP contribution is -2.09. The number of nitriles is 1. The molecule has 0 N–H and O–H groups in total. The maximum atomic E-state index is 11.8. The SMILES string of the molecule is CCOC(=O)/C(C#N)=C/c1ccc(/C=C/c2ccc(N(c3ccccc3)c3ccccc3)cc2)cc1. The monoisotopic (exact) mass is 470 g/mol. The molecule has 0 amide bonds. The number of carbonyl (C=O) groups is 1. The van der Waals surface area contributed by atoms with Crippen molar-refractivity contribution in [1.29, 1.82) is 5.26 Å². The van der Waals surface area contributed by atoms with Crippen LogP contribution in [0.3, 0.4) is 0 Å². The molecule has 0 atom stereocenters. The molecular formula is C32H26N2O2. The summed E-state index contributed by atoms with van der Waals surface area (Å²) in [4.78, 5) is 14.0. The van der Waals surface area contributed by atoms with E-state index in [-0.39, 0.29) is 12.2 Å².